The number of hydrogen-bond acceptors (Lipinski definition) is 3. The smallest absolute Gasteiger partial charge is 0.161 e. The molecule has 0 fully saturated rings. The molecule has 0 aliphatic carbocycles. The zero-order chi connectivity index (χ0) is 14.8. The van der Waals surface area contributed by atoms with E-state index in [0.29, 0.717) is 0 Å². The highest BCUT2D eigenvalue weighted by Crippen LogP contribution is 2.36. The van der Waals surface area contributed by atoms with Gasteiger partial charge in [-0.3, -0.25) is 0 Å². The Hall–Kier alpha value is -1.71. The molecular formula is C17H18ClNO2. The largest absolute Gasteiger partial charge is 0.493 e. The lowest BCUT2D eigenvalue weighted by Gasteiger charge is -2.27. The Kier molecular flexibility index (Phi) is 4.04. The van der Waals surface area contributed by atoms with Crippen molar-refractivity contribution in [2.45, 2.75) is 12.5 Å². The van der Waals surface area contributed by atoms with Gasteiger partial charge in [0.15, 0.2) is 11.5 Å². The molecule has 0 bridgehead atoms. The monoisotopic (exact) mass is 303 g/mol. The molecule has 0 saturated carbocycles. The van der Waals surface area contributed by atoms with Gasteiger partial charge >= 0.3 is 0 Å². The highest BCUT2D eigenvalue weighted by Gasteiger charge is 2.22. The average Bonchev–Trinajstić information content (AvgIpc) is 2.53. The molecule has 4 heteroatoms. The molecule has 2 aromatic carbocycles. The molecule has 1 heterocycles. The lowest BCUT2D eigenvalue weighted by molar-refractivity contribution is 0.354. The van der Waals surface area contributed by atoms with E-state index in [2.05, 4.69) is 23.5 Å². The maximum atomic E-state index is 6.17. The minimum absolute atomic E-state index is 0.271. The third kappa shape index (κ3) is 2.71. The third-order valence-corrected chi connectivity index (χ3v) is 4.19. The molecule has 21 heavy (non-hydrogen) atoms. The van der Waals surface area contributed by atoms with Gasteiger partial charge in [-0.25, -0.2) is 0 Å². The summed E-state index contributed by atoms with van der Waals surface area (Å²) >= 11 is 6.17. The van der Waals surface area contributed by atoms with Gasteiger partial charge in [0.05, 0.1) is 14.2 Å². The number of ether oxygens (including phenoxy) is 2. The Morgan fingerprint density at radius 2 is 1.86 bits per heavy atom. The zero-order valence-corrected chi connectivity index (χ0v) is 12.9. The summed E-state index contributed by atoms with van der Waals surface area (Å²) in [5, 5.41) is 4.24. The summed E-state index contributed by atoms with van der Waals surface area (Å²) in [5.74, 6) is 1.77. The molecule has 1 aliphatic heterocycles. The van der Waals surface area contributed by atoms with Crippen molar-refractivity contribution >= 4 is 11.6 Å². The normalized spacial score (nSPS) is 17.2. The Bertz CT molecular complexity index is 657. The lowest BCUT2D eigenvalue weighted by Crippen LogP contribution is -2.28. The lowest BCUT2D eigenvalue weighted by atomic mass is 9.85. The van der Waals surface area contributed by atoms with Crippen molar-refractivity contribution in [3.63, 3.8) is 0 Å². The molecule has 1 aliphatic rings. The molecule has 0 saturated heterocycles. The van der Waals surface area contributed by atoms with Gasteiger partial charge in [0.2, 0.25) is 0 Å². The quantitative estimate of drug-likeness (QED) is 0.940. The maximum Gasteiger partial charge on any atom is 0.161 e. The Morgan fingerprint density at radius 3 is 2.62 bits per heavy atom. The highest BCUT2D eigenvalue weighted by atomic mass is 35.5. The summed E-state index contributed by atoms with van der Waals surface area (Å²) in [6.07, 6.45) is 0. The number of rotatable bonds is 3. The predicted octanol–water partition coefficient (Wildman–Crippen LogP) is 3.59. The van der Waals surface area contributed by atoms with Crippen molar-refractivity contribution in [3.05, 3.63) is 58.1 Å². The minimum atomic E-state index is 0.271. The number of hydrogen-bond donors (Lipinski definition) is 1. The first-order chi connectivity index (χ1) is 10.2. The first-order valence-electron chi connectivity index (χ1n) is 6.94. The summed E-state index contributed by atoms with van der Waals surface area (Å²) in [4.78, 5) is 0. The summed E-state index contributed by atoms with van der Waals surface area (Å²) in [6.45, 7) is 1.78. The van der Waals surface area contributed by atoms with Gasteiger partial charge in [-0.2, -0.15) is 0 Å². The van der Waals surface area contributed by atoms with Crippen LogP contribution in [0.4, 0.5) is 0 Å². The van der Waals surface area contributed by atoms with Crippen molar-refractivity contribution in [2.75, 3.05) is 20.8 Å². The molecule has 0 aromatic heterocycles. The van der Waals surface area contributed by atoms with Crippen LogP contribution in [0.3, 0.4) is 0 Å². The highest BCUT2D eigenvalue weighted by molar-refractivity contribution is 6.30. The van der Waals surface area contributed by atoms with Crippen LogP contribution in [-0.2, 0) is 6.54 Å². The van der Waals surface area contributed by atoms with E-state index < -0.39 is 0 Å². The van der Waals surface area contributed by atoms with Crippen molar-refractivity contribution in [1.82, 2.24) is 5.32 Å². The Balaban J connectivity index is 2.04. The van der Waals surface area contributed by atoms with Crippen molar-refractivity contribution in [2.24, 2.45) is 0 Å². The molecule has 1 atom stereocenters. The van der Waals surface area contributed by atoms with Gasteiger partial charge in [-0.05, 0) is 41.0 Å². The first kappa shape index (κ1) is 14.2. The SMILES string of the molecule is COc1ccc(C2CNCc3ccc(Cl)cc32)cc1OC. The molecule has 0 amide bonds. The molecular weight excluding hydrogens is 286 g/mol. The number of methoxy groups -OCH3 is 2. The molecule has 0 radical (unpaired) electrons. The Labute approximate surface area is 129 Å². The van der Waals surface area contributed by atoms with Crippen LogP contribution in [0, 0.1) is 0 Å². The summed E-state index contributed by atoms with van der Waals surface area (Å²) in [6, 6.07) is 12.2. The first-order valence-corrected chi connectivity index (χ1v) is 7.31. The number of fused-ring (bicyclic) bond motifs is 1. The standard InChI is InChI=1S/C17H18ClNO2/c1-20-16-6-4-11(7-17(16)21-2)15-10-19-9-12-3-5-13(18)8-14(12)15/h3-8,15,19H,9-10H2,1-2H3. The van der Waals surface area contributed by atoms with Crippen molar-refractivity contribution in [1.29, 1.82) is 0 Å². The van der Waals surface area contributed by atoms with Crippen LogP contribution in [0.2, 0.25) is 5.02 Å². The van der Waals surface area contributed by atoms with E-state index in [-0.39, 0.29) is 5.92 Å². The number of benzene rings is 2. The third-order valence-electron chi connectivity index (χ3n) is 3.96. The maximum absolute atomic E-state index is 6.17. The number of halogens is 1. The molecule has 2 aromatic rings. The van der Waals surface area contributed by atoms with E-state index in [0.717, 1.165) is 29.6 Å². The predicted molar refractivity (Wildman–Crippen MR) is 84.5 cm³/mol. The van der Waals surface area contributed by atoms with E-state index in [9.17, 15) is 0 Å². The van der Waals surface area contributed by atoms with Crippen LogP contribution >= 0.6 is 11.6 Å². The zero-order valence-electron chi connectivity index (χ0n) is 12.2. The minimum Gasteiger partial charge on any atom is -0.493 e. The fourth-order valence-corrected chi connectivity index (χ4v) is 3.06. The fourth-order valence-electron chi connectivity index (χ4n) is 2.88. The van der Waals surface area contributed by atoms with Crippen LogP contribution in [-0.4, -0.2) is 20.8 Å². The molecule has 1 N–H and O–H groups in total. The summed E-state index contributed by atoms with van der Waals surface area (Å²) in [7, 11) is 3.31. The summed E-state index contributed by atoms with van der Waals surface area (Å²) in [5.41, 5.74) is 3.78. The molecule has 1 unspecified atom stereocenters. The van der Waals surface area contributed by atoms with E-state index >= 15 is 0 Å². The second kappa shape index (κ2) is 5.96. The molecule has 110 valence electrons. The van der Waals surface area contributed by atoms with E-state index in [1.165, 1.54) is 16.7 Å². The van der Waals surface area contributed by atoms with Gasteiger partial charge in [-0.1, -0.05) is 23.7 Å². The molecule has 3 nitrogen and oxygen atoms in total. The van der Waals surface area contributed by atoms with Gasteiger partial charge in [0.25, 0.3) is 0 Å². The fraction of sp³-hybridized carbons (Fsp3) is 0.294. The van der Waals surface area contributed by atoms with Crippen molar-refractivity contribution < 1.29 is 9.47 Å². The van der Waals surface area contributed by atoms with Gasteiger partial charge in [-0.15, -0.1) is 0 Å². The van der Waals surface area contributed by atoms with Crippen molar-refractivity contribution in [3.8, 4) is 11.5 Å². The second-order valence-corrected chi connectivity index (χ2v) is 5.58. The van der Waals surface area contributed by atoms with Gasteiger partial charge in [0, 0.05) is 24.0 Å². The summed E-state index contributed by atoms with van der Waals surface area (Å²) < 4.78 is 10.7. The van der Waals surface area contributed by atoms with Gasteiger partial charge < -0.3 is 14.8 Å². The van der Waals surface area contributed by atoms with Gasteiger partial charge in [0.1, 0.15) is 0 Å². The topological polar surface area (TPSA) is 30.5 Å². The van der Waals surface area contributed by atoms with E-state index in [4.69, 9.17) is 21.1 Å². The van der Waals surface area contributed by atoms with Crippen LogP contribution in [0.5, 0.6) is 11.5 Å². The molecule has 3 rings (SSSR count). The molecule has 0 spiro atoms. The number of nitrogens with one attached hydrogen (secondary N) is 1. The van der Waals surface area contributed by atoms with Crippen LogP contribution in [0.25, 0.3) is 0 Å². The second-order valence-electron chi connectivity index (χ2n) is 5.14. The van der Waals surface area contributed by atoms with E-state index in [1.54, 1.807) is 14.2 Å². The Morgan fingerprint density at radius 1 is 1.05 bits per heavy atom. The van der Waals surface area contributed by atoms with Crippen LogP contribution in [0.1, 0.15) is 22.6 Å². The average molecular weight is 304 g/mol. The van der Waals surface area contributed by atoms with E-state index in [1.807, 2.05) is 18.2 Å². The van der Waals surface area contributed by atoms with Crippen LogP contribution in [0.15, 0.2) is 36.4 Å². The van der Waals surface area contributed by atoms with Crippen LogP contribution < -0.4 is 14.8 Å².